The molecule has 0 unspecified atom stereocenters. The van der Waals surface area contributed by atoms with E-state index in [2.05, 4.69) is 5.32 Å². The first-order valence-corrected chi connectivity index (χ1v) is 11.7. The maximum absolute atomic E-state index is 13.1. The minimum atomic E-state index is -0.783. The minimum absolute atomic E-state index is 0.0409. The van der Waals surface area contributed by atoms with Crippen molar-refractivity contribution in [2.75, 3.05) is 17.3 Å². The predicted octanol–water partition coefficient (Wildman–Crippen LogP) is 5.25. The van der Waals surface area contributed by atoms with Crippen molar-refractivity contribution >= 4 is 46.7 Å². The first-order chi connectivity index (χ1) is 17.7. The van der Waals surface area contributed by atoms with Gasteiger partial charge < -0.3 is 14.8 Å². The number of amides is 2. The SMILES string of the molecule is COC(=O)c1ccccc1N1C(=O)C(Cl)=C(Nc2ccc(C(=O)Oc3cccc(C(C)C)c3)cc2)C1=O. The predicted molar refractivity (Wildman–Crippen MR) is 139 cm³/mol. The zero-order valence-electron chi connectivity index (χ0n) is 20.3. The quantitative estimate of drug-likeness (QED) is 0.259. The Balaban J connectivity index is 1.50. The molecule has 0 saturated heterocycles. The molecule has 0 spiro atoms. The lowest BCUT2D eigenvalue weighted by molar-refractivity contribution is -0.120. The number of ether oxygens (including phenoxy) is 2. The Kier molecular flexibility index (Phi) is 7.40. The number of halogens is 1. The number of rotatable bonds is 7. The Morgan fingerprint density at radius 3 is 2.27 bits per heavy atom. The molecule has 1 heterocycles. The van der Waals surface area contributed by atoms with E-state index in [9.17, 15) is 19.2 Å². The van der Waals surface area contributed by atoms with E-state index in [-0.39, 0.29) is 22.0 Å². The van der Waals surface area contributed by atoms with Gasteiger partial charge in [-0.25, -0.2) is 14.5 Å². The van der Waals surface area contributed by atoms with Crippen LogP contribution in [0.1, 0.15) is 46.0 Å². The zero-order chi connectivity index (χ0) is 26.7. The molecule has 188 valence electrons. The normalized spacial score (nSPS) is 13.3. The fraction of sp³-hybridized carbons (Fsp3) is 0.143. The number of benzene rings is 3. The van der Waals surface area contributed by atoms with Gasteiger partial charge in [0.25, 0.3) is 11.8 Å². The fourth-order valence-corrected chi connectivity index (χ4v) is 3.93. The van der Waals surface area contributed by atoms with Crippen LogP contribution in [0.15, 0.2) is 83.5 Å². The molecule has 4 rings (SSSR count). The molecule has 0 atom stereocenters. The largest absolute Gasteiger partial charge is 0.465 e. The maximum atomic E-state index is 13.1. The van der Waals surface area contributed by atoms with E-state index in [4.69, 9.17) is 21.1 Å². The number of anilines is 2. The lowest BCUT2D eigenvalue weighted by atomic mass is 10.0. The summed E-state index contributed by atoms with van der Waals surface area (Å²) in [5.41, 5.74) is 1.69. The van der Waals surface area contributed by atoms with E-state index < -0.39 is 23.8 Å². The fourth-order valence-electron chi connectivity index (χ4n) is 3.72. The average molecular weight is 519 g/mol. The van der Waals surface area contributed by atoms with E-state index in [1.54, 1.807) is 30.3 Å². The van der Waals surface area contributed by atoms with Gasteiger partial charge in [0.2, 0.25) is 0 Å². The van der Waals surface area contributed by atoms with Crippen LogP contribution < -0.4 is 15.0 Å². The van der Waals surface area contributed by atoms with Gasteiger partial charge in [0, 0.05) is 5.69 Å². The lowest BCUT2D eigenvalue weighted by Crippen LogP contribution is -2.33. The van der Waals surface area contributed by atoms with Gasteiger partial charge in [0.05, 0.1) is 23.9 Å². The molecule has 3 aromatic carbocycles. The zero-order valence-corrected chi connectivity index (χ0v) is 21.0. The first kappa shape index (κ1) is 25.7. The molecule has 0 fully saturated rings. The third kappa shape index (κ3) is 5.24. The monoisotopic (exact) mass is 518 g/mol. The van der Waals surface area contributed by atoms with E-state index in [1.807, 2.05) is 32.0 Å². The topological polar surface area (TPSA) is 102 Å². The number of hydrogen-bond donors (Lipinski definition) is 1. The third-order valence-corrected chi connectivity index (χ3v) is 6.05. The number of methoxy groups -OCH3 is 1. The molecule has 37 heavy (non-hydrogen) atoms. The highest BCUT2D eigenvalue weighted by molar-refractivity contribution is 6.53. The second-order valence-corrected chi connectivity index (χ2v) is 8.84. The van der Waals surface area contributed by atoms with Crippen molar-refractivity contribution in [3.05, 3.63) is 100 Å². The Morgan fingerprint density at radius 1 is 0.892 bits per heavy atom. The van der Waals surface area contributed by atoms with Gasteiger partial charge in [-0.3, -0.25) is 9.59 Å². The summed E-state index contributed by atoms with van der Waals surface area (Å²) in [5, 5.41) is 2.50. The number of carbonyl (C=O) groups is 4. The van der Waals surface area contributed by atoms with E-state index in [1.165, 1.54) is 31.4 Å². The van der Waals surface area contributed by atoms with Crippen LogP contribution in [0.2, 0.25) is 0 Å². The molecule has 0 bridgehead atoms. The molecule has 3 aromatic rings. The summed E-state index contributed by atoms with van der Waals surface area (Å²) >= 11 is 6.21. The molecule has 1 aliphatic rings. The second-order valence-electron chi connectivity index (χ2n) is 8.46. The molecular formula is C28H23ClN2O6. The van der Waals surface area contributed by atoms with Crippen LogP contribution in [0.4, 0.5) is 11.4 Å². The summed E-state index contributed by atoms with van der Waals surface area (Å²) in [5.74, 6) is -2.03. The number of carbonyl (C=O) groups excluding carboxylic acids is 4. The second kappa shape index (κ2) is 10.7. The number of nitrogens with zero attached hydrogens (tertiary/aromatic N) is 1. The third-order valence-electron chi connectivity index (χ3n) is 5.70. The Morgan fingerprint density at radius 2 is 1.59 bits per heavy atom. The Labute approximate surface area is 218 Å². The average Bonchev–Trinajstić information content (AvgIpc) is 3.11. The molecule has 1 N–H and O–H groups in total. The standard InChI is InChI=1S/C28H23ClN2O6/c1-16(2)18-7-6-8-20(15-18)37-27(34)17-11-13-19(14-12-17)30-24-23(29)25(32)31(26(24)33)22-10-5-4-9-21(22)28(35)36-3/h4-16,30H,1-3H3. The smallest absolute Gasteiger partial charge is 0.343 e. The summed E-state index contributed by atoms with van der Waals surface area (Å²) in [4.78, 5) is 51.5. The van der Waals surface area contributed by atoms with E-state index in [0.29, 0.717) is 22.9 Å². The molecule has 8 nitrogen and oxygen atoms in total. The van der Waals surface area contributed by atoms with Gasteiger partial charge in [-0.05, 0) is 60.0 Å². The molecule has 2 amide bonds. The van der Waals surface area contributed by atoms with Gasteiger partial charge in [-0.2, -0.15) is 0 Å². The van der Waals surface area contributed by atoms with Gasteiger partial charge in [-0.15, -0.1) is 0 Å². The highest BCUT2D eigenvalue weighted by Gasteiger charge is 2.40. The highest BCUT2D eigenvalue weighted by atomic mass is 35.5. The molecule has 9 heteroatoms. The van der Waals surface area contributed by atoms with Crippen molar-refractivity contribution in [3.63, 3.8) is 0 Å². The maximum Gasteiger partial charge on any atom is 0.343 e. The van der Waals surface area contributed by atoms with Crippen LogP contribution in [0.5, 0.6) is 5.75 Å². The van der Waals surface area contributed by atoms with Crippen molar-refractivity contribution in [2.45, 2.75) is 19.8 Å². The molecule has 1 aliphatic heterocycles. The van der Waals surface area contributed by atoms with Gasteiger partial charge >= 0.3 is 11.9 Å². The van der Waals surface area contributed by atoms with Crippen LogP contribution in [0.25, 0.3) is 0 Å². The summed E-state index contributed by atoms with van der Waals surface area (Å²) in [6, 6.07) is 19.5. The Hall–Kier alpha value is -4.43. The van der Waals surface area contributed by atoms with Crippen LogP contribution in [0, 0.1) is 0 Å². The molecule has 0 aliphatic carbocycles. The van der Waals surface area contributed by atoms with Crippen LogP contribution >= 0.6 is 11.6 Å². The molecule has 0 aromatic heterocycles. The summed E-state index contributed by atoms with van der Waals surface area (Å²) in [7, 11) is 1.20. The van der Waals surface area contributed by atoms with Crippen molar-refractivity contribution < 1.29 is 28.7 Å². The minimum Gasteiger partial charge on any atom is -0.465 e. The van der Waals surface area contributed by atoms with E-state index >= 15 is 0 Å². The lowest BCUT2D eigenvalue weighted by Gasteiger charge is -2.17. The number of esters is 2. The number of nitrogens with one attached hydrogen (secondary N) is 1. The summed E-state index contributed by atoms with van der Waals surface area (Å²) in [6.45, 7) is 4.10. The van der Waals surface area contributed by atoms with Crippen LogP contribution in [-0.4, -0.2) is 30.9 Å². The van der Waals surface area contributed by atoms with Crippen molar-refractivity contribution in [3.8, 4) is 5.75 Å². The van der Waals surface area contributed by atoms with Crippen LogP contribution in [-0.2, 0) is 14.3 Å². The van der Waals surface area contributed by atoms with Gasteiger partial charge in [0.1, 0.15) is 16.5 Å². The molecule has 0 saturated carbocycles. The molecular weight excluding hydrogens is 496 g/mol. The van der Waals surface area contributed by atoms with Crippen molar-refractivity contribution in [1.29, 1.82) is 0 Å². The van der Waals surface area contributed by atoms with Gasteiger partial charge in [-0.1, -0.05) is 49.7 Å². The van der Waals surface area contributed by atoms with Gasteiger partial charge in [0.15, 0.2) is 0 Å². The van der Waals surface area contributed by atoms with Crippen LogP contribution in [0.3, 0.4) is 0 Å². The molecule has 0 radical (unpaired) electrons. The van der Waals surface area contributed by atoms with Crippen molar-refractivity contribution in [2.24, 2.45) is 0 Å². The number of hydrogen-bond acceptors (Lipinski definition) is 7. The number of para-hydroxylation sites is 1. The van der Waals surface area contributed by atoms with E-state index in [0.717, 1.165) is 10.5 Å². The highest BCUT2D eigenvalue weighted by Crippen LogP contribution is 2.32. The summed E-state index contributed by atoms with van der Waals surface area (Å²) < 4.78 is 10.2. The summed E-state index contributed by atoms with van der Waals surface area (Å²) in [6.07, 6.45) is 0. The Bertz CT molecular complexity index is 1430. The first-order valence-electron chi connectivity index (χ1n) is 11.4. The van der Waals surface area contributed by atoms with Crippen molar-refractivity contribution in [1.82, 2.24) is 0 Å². The number of imide groups is 1.